The Labute approximate surface area is 170 Å². The first kappa shape index (κ1) is 19.2. The maximum atomic E-state index is 12.8. The van der Waals surface area contributed by atoms with Crippen LogP contribution in [0.3, 0.4) is 0 Å². The first-order valence-electron chi connectivity index (χ1n) is 9.85. The maximum Gasteiger partial charge on any atom is 0.329 e. The van der Waals surface area contributed by atoms with Gasteiger partial charge in [-0.3, -0.25) is 9.69 Å². The van der Waals surface area contributed by atoms with Crippen LogP contribution in [0.4, 0.5) is 10.5 Å². The summed E-state index contributed by atoms with van der Waals surface area (Å²) in [4.78, 5) is 28.6. The molecule has 2 heterocycles. The number of amides is 3. The molecule has 2 aliphatic heterocycles. The third kappa shape index (κ3) is 4.17. The molecule has 150 valence electrons. The third-order valence-electron chi connectivity index (χ3n) is 5.35. The van der Waals surface area contributed by atoms with E-state index in [2.05, 4.69) is 22.3 Å². The summed E-state index contributed by atoms with van der Waals surface area (Å²) in [6.45, 7) is 7.51. The zero-order valence-electron chi connectivity index (χ0n) is 16.8. The van der Waals surface area contributed by atoms with Crippen molar-refractivity contribution in [1.82, 2.24) is 10.2 Å². The minimum absolute atomic E-state index is 0.261. The molecule has 0 aromatic heterocycles. The Balaban J connectivity index is 1.51. The van der Waals surface area contributed by atoms with Crippen molar-refractivity contribution in [2.45, 2.75) is 20.4 Å². The van der Waals surface area contributed by atoms with Crippen molar-refractivity contribution in [3.05, 3.63) is 70.4 Å². The number of nitrogens with zero attached hydrogens (tertiary/aromatic N) is 2. The van der Waals surface area contributed by atoms with Gasteiger partial charge in [0.25, 0.3) is 5.91 Å². The van der Waals surface area contributed by atoms with Gasteiger partial charge in [-0.05, 0) is 48.7 Å². The van der Waals surface area contributed by atoms with Crippen LogP contribution in [0.1, 0.15) is 22.3 Å². The fourth-order valence-electron chi connectivity index (χ4n) is 3.59. The predicted molar refractivity (Wildman–Crippen MR) is 112 cm³/mol. The van der Waals surface area contributed by atoms with Crippen molar-refractivity contribution in [3.63, 3.8) is 0 Å². The molecule has 1 N–H and O–H groups in total. The van der Waals surface area contributed by atoms with E-state index < -0.39 is 0 Å². The standard InChI is InChI=1S/C23H25N3O3/c1-16-3-5-18(6-4-16)15-26-22(27)21(24-23(26)28)14-19-7-8-20(13-17(19)2)25-9-11-29-12-10-25/h3-8,13-14H,9-12,15H2,1-2H3,(H,24,28). The van der Waals surface area contributed by atoms with E-state index in [1.165, 1.54) is 4.90 Å². The number of hydrogen-bond donors (Lipinski definition) is 1. The van der Waals surface area contributed by atoms with Crippen LogP contribution in [0.25, 0.3) is 6.08 Å². The molecule has 2 aromatic rings. The van der Waals surface area contributed by atoms with Crippen LogP contribution in [-0.4, -0.2) is 43.1 Å². The van der Waals surface area contributed by atoms with Crippen LogP contribution >= 0.6 is 0 Å². The Morgan fingerprint density at radius 1 is 1.03 bits per heavy atom. The molecule has 3 amide bonds. The lowest BCUT2D eigenvalue weighted by Crippen LogP contribution is -2.36. The van der Waals surface area contributed by atoms with Gasteiger partial charge >= 0.3 is 6.03 Å². The summed E-state index contributed by atoms with van der Waals surface area (Å²) in [6.07, 6.45) is 1.76. The van der Waals surface area contributed by atoms with Crippen LogP contribution in [0.5, 0.6) is 0 Å². The molecule has 2 aromatic carbocycles. The third-order valence-corrected chi connectivity index (χ3v) is 5.35. The van der Waals surface area contributed by atoms with Gasteiger partial charge in [0.1, 0.15) is 5.70 Å². The summed E-state index contributed by atoms with van der Waals surface area (Å²) in [5.41, 5.74) is 5.50. The lowest BCUT2D eigenvalue weighted by molar-refractivity contribution is -0.123. The fraction of sp³-hybridized carbons (Fsp3) is 0.304. The number of aryl methyl sites for hydroxylation is 2. The molecule has 0 aliphatic carbocycles. The molecule has 29 heavy (non-hydrogen) atoms. The van der Waals surface area contributed by atoms with E-state index in [9.17, 15) is 9.59 Å². The van der Waals surface area contributed by atoms with Crippen LogP contribution in [-0.2, 0) is 16.1 Å². The van der Waals surface area contributed by atoms with E-state index in [0.29, 0.717) is 5.70 Å². The molecular weight excluding hydrogens is 366 g/mol. The van der Waals surface area contributed by atoms with Crippen molar-refractivity contribution in [3.8, 4) is 0 Å². The monoisotopic (exact) mass is 391 g/mol. The van der Waals surface area contributed by atoms with Gasteiger partial charge in [0.05, 0.1) is 19.8 Å². The summed E-state index contributed by atoms with van der Waals surface area (Å²) in [5, 5.41) is 2.71. The van der Waals surface area contributed by atoms with Crippen molar-refractivity contribution >= 4 is 23.7 Å². The van der Waals surface area contributed by atoms with Gasteiger partial charge in [0.15, 0.2) is 0 Å². The van der Waals surface area contributed by atoms with Gasteiger partial charge in [-0.2, -0.15) is 0 Å². The molecule has 0 radical (unpaired) electrons. The van der Waals surface area contributed by atoms with Gasteiger partial charge in [-0.25, -0.2) is 4.79 Å². The number of urea groups is 1. The number of nitrogens with one attached hydrogen (secondary N) is 1. The number of hydrogen-bond acceptors (Lipinski definition) is 4. The predicted octanol–water partition coefficient (Wildman–Crippen LogP) is 3.23. The minimum atomic E-state index is -0.385. The molecule has 0 unspecified atom stereocenters. The van der Waals surface area contributed by atoms with Gasteiger partial charge in [-0.15, -0.1) is 0 Å². The average molecular weight is 391 g/mol. The highest BCUT2D eigenvalue weighted by Gasteiger charge is 2.33. The molecule has 0 bridgehead atoms. The van der Waals surface area contributed by atoms with E-state index in [0.717, 1.165) is 54.2 Å². The van der Waals surface area contributed by atoms with E-state index in [4.69, 9.17) is 4.74 Å². The number of carbonyl (C=O) groups is 2. The van der Waals surface area contributed by atoms with Crippen molar-refractivity contribution in [2.24, 2.45) is 0 Å². The number of ether oxygens (including phenoxy) is 1. The normalized spacial score (nSPS) is 18.5. The first-order chi connectivity index (χ1) is 14.0. The first-order valence-corrected chi connectivity index (χ1v) is 9.85. The van der Waals surface area contributed by atoms with Crippen molar-refractivity contribution < 1.29 is 14.3 Å². The molecular formula is C23H25N3O3. The average Bonchev–Trinajstić information content (AvgIpc) is 2.99. The zero-order valence-corrected chi connectivity index (χ0v) is 16.8. The molecule has 0 spiro atoms. The number of morpholine rings is 1. The Bertz CT molecular complexity index is 960. The molecule has 6 heteroatoms. The number of benzene rings is 2. The molecule has 2 aliphatic rings. The van der Waals surface area contributed by atoms with Gasteiger partial charge in [0, 0.05) is 18.8 Å². The van der Waals surface area contributed by atoms with Gasteiger partial charge in [0.2, 0.25) is 0 Å². The lowest BCUT2D eigenvalue weighted by Gasteiger charge is -2.29. The van der Waals surface area contributed by atoms with E-state index in [1.807, 2.05) is 44.2 Å². The van der Waals surface area contributed by atoms with Crippen LogP contribution in [0.15, 0.2) is 48.2 Å². The largest absolute Gasteiger partial charge is 0.378 e. The second-order valence-corrected chi connectivity index (χ2v) is 7.51. The Kier molecular flexibility index (Phi) is 5.36. The highest BCUT2D eigenvalue weighted by Crippen LogP contribution is 2.23. The van der Waals surface area contributed by atoms with Crippen molar-refractivity contribution in [1.29, 1.82) is 0 Å². The fourth-order valence-corrected chi connectivity index (χ4v) is 3.59. The van der Waals surface area contributed by atoms with E-state index in [1.54, 1.807) is 6.08 Å². The minimum Gasteiger partial charge on any atom is -0.378 e. The number of carbonyl (C=O) groups excluding carboxylic acids is 2. The summed E-state index contributed by atoms with van der Waals surface area (Å²) >= 11 is 0. The topological polar surface area (TPSA) is 61.9 Å². The Hall–Kier alpha value is -3.12. The highest BCUT2D eigenvalue weighted by molar-refractivity contribution is 6.14. The second-order valence-electron chi connectivity index (χ2n) is 7.51. The van der Waals surface area contributed by atoms with Crippen LogP contribution in [0, 0.1) is 13.8 Å². The van der Waals surface area contributed by atoms with E-state index >= 15 is 0 Å². The second kappa shape index (κ2) is 8.09. The van der Waals surface area contributed by atoms with Crippen LogP contribution < -0.4 is 10.2 Å². The van der Waals surface area contributed by atoms with Gasteiger partial charge < -0.3 is 15.0 Å². The molecule has 6 nitrogen and oxygen atoms in total. The zero-order chi connectivity index (χ0) is 20.4. The smallest absolute Gasteiger partial charge is 0.329 e. The summed E-state index contributed by atoms with van der Waals surface area (Å²) in [6, 6.07) is 13.6. The van der Waals surface area contributed by atoms with Crippen molar-refractivity contribution in [2.75, 3.05) is 31.2 Å². The number of rotatable bonds is 4. The van der Waals surface area contributed by atoms with E-state index in [-0.39, 0.29) is 18.5 Å². The number of anilines is 1. The Morgan fingerprint density at radius 2 is 1.76 bits per heavy atom. The summed E-state index contributed by atoms with van der Waals surface area (Å²) in [5.74, 6) is -0.299. The Morgan fingerprint density at radius 3 is 2.45 bits per heavy atom. The van der Waals surface area contributed by atoms with Crippen LogP contribution in [0.2, 0.25) is 0 Å². The lowest BCUT2D eigenvalue weighted by atomic mass is 10.1. The van der Waals surface area contributed by atoms with Gasteiger partial charge in [-0.1, -0.05) is 35.9 Å². The maximum absolute atomic E-state index is 12.8. The SMILES string of the molecule is Cc1ccc(CN2C(=O)NC(=Cc3ccc(N4CCOCC4)cc3C)C2=O)cc1. The molecule has 4 rings (SSSR count). The molecule has 2 saturated heterocycles. The highest BCUT2D eigenvalue weighted by atomic mass is 16.5. The summed E-state index contributed by atoms with van der Waals surface area (Å²) < 4.78 is 5.41. The molecule has 0 atom stereocenters. The molecule has 2 fully saturated rings. The molecule has 0 saturated carbocycles. The summed E-state index contributed by atoms with van der Waals surface area (Å²) in [7, 11) is 0. The number of imide groups is 1. The quantitative estimate of drug-likeness (QED) is 0.642.